The van der Waals surface area contributed by atoms with Crippen LogP contribution in [0.5, 0.6) is 0 Å². The summed E-state index contributed by atoms with van der Waals surface area (Å²) in [6.45, 7) is 1.66. The number of carboxylic acid groups (broad SMARTS) is 1. The fourth-order valence-electron chi connectivity index (χ4n) is 1.08. The van der Waals surface area contributed by atoms with E-state index in [2.05, 4.69) is 15.9 Å². The molecule has 0 aromatic heterocycles. The van der Waals surface area contributed by atoms with Crippen molar-refractivity contribution in [3.63, 3.8) is 0 Å². The first-order chi connectivity index (χ1) is 6.52. The average Bonchev–Trinajstić information content (AvgIpc) is 2.15. The van der Waals surface area contributed by atoms with Crippen molar-refractivity contribution in [1.82, 2.24) is 0 Å². The molecule has 0 saturated carbocycles. The van der Waals surface area contributed by atoms with Crippen molar-refractivity contribution in [2.45, 2.75) is 13.0 Å². The van der Waals surface area contributed by atoms with Crippen LogP contribution in [0.4, 0.5) is 5.69 Å². The molecule has 14 heavy (non-hydrogen) atoms. The Labute approximate surface area is 91.5 Å². The maximum Gasteiger partial charge on any atom is 0.326 e. The van der Waals surface area contributed by atoms with E-state index in [4.69, 9.17) is 5.11 Å². The topological polar surface area (TPSA) is 40.5 Å². The van der Waals surface area contributed by atoms with Crippen molar-refractivity contribution in [3.05, 3.63) is 28.7 Å². The van der Waals surface area contributed by atoms with Gasteiger partial charge >= 0.3 is 5.97 Å². The summed E-state index contributed by atoms with van der Waals surface area (Å²) in [6.07, 6.45) is 0. The van der Waals surface area contributed by atoms with Crippen LogP contribution >= 0.6 is 15.9 Å². The zero-order valence-corrected chi connectivity index (χ0v) is 9.65. The Morgan fingerprint density at radius 2 is 2.21 bits per heavy atom. The molecule has 0 radical (unpaired) electrons. The van der Waals surface area contributed by atoms with E-state index in [9.17, 15) is 4.79 Å². The van der Waals surface area contributed by atoms with E-state index in [1.54, 1.807) is 18.9 Å². The number of rotatable bonds is 3. The van der Waals surface area contributed by atoms with Gasteiger partial charge in [0.05, 0.1) is 0 Å². The van der Waals surface area contributed by atoms with Crippen molar-refractivity contribution in [2.75, 3.05) is 11.9 Å². The van der Waals surface area contributed by atoms with Crippen LogP contribution in [0.25, 0.3) is 0 Å². The minimum Gasteiger partial charge on any atom is -0.480 e. The normalized spacial score (nSPS) is 12.2. The molecule has 0 aliphatic rings. The van der Waals surface area contributed by atoms with Crippen LogP contribution in [0.15, 0.2) is 28.7 Å². The maximum atomic E-state index is 10.7. The lowest BCUT2D eigenvalue weighted by Gasteiger charge is -2.23. The number of aliphatic carboxylic acids is 1. The second-order valence-electron chi connectivity index (χ2n) is 3.10. The van der Waals surface area contributed by atoms with Crippen LogP contribution in [-0.2, 0) is 4.79 Å². The highest BCUT2D eigenvalue weighted by molar-refractivity contribution is 9.10. The molecule has 0 bridgehead atoms. The summed E-state index contributed by atoms with van der Waals surface area (Å²) in [5.41, 5.74) is 0.884. The molecule has 0 unspecified atom stereocenters. The van der Waals surface area contributed by atoms with Crippen LogP contribution in [0.3, 0.4) is 0 Å². The predicted octanol–water partition coefficient (Wildman–Crippen LogP) is 2.36. The van der Waals surface area contributed by atoms with Crippen LogP contribution in [0.2, 0.25) is 0 Å². The van der Waals surface area contributed by atoms with Gasteiger partial charge in [0, 0.05) is 17.2 Å². The molecule has 1 rings (SSSR count). The number of halogens is 1. The van der Waals surface area contributed by atoms with Crippen LogP contribution in [0, 0.1) is 0 Å². The van der Waals surface area contributed by atoms with Crippen molar-refractivity contribution < 1.29 is 9.90 Å². The Balaban J connectivity index is 2.89. The van der Waals surface area contributed by atoms with Gasteiger partial charge in [0.15, 0.2) is 0 Å². The van der Waals surface area contributed by atoms with Crippen molar-refractivity contribution in [2.24, 2.45) is 0 Å². The summed E-state index contributed by atoms with van der Waals surface area (Å²) < 4.78 is 0.944. The number of hydrogen-bond acceptors (Lipinski definition) is 2. The fourth-order valence-corrected chi connectivity index (χ4v) is 1.47. The molecule has 3 nitrogen and oxygen atoms in total. The van der Waals surface area contributed by atoms with E-state index < -0.39 is 12.0 Å². The first kappa shape index (κ1) is 11.0. The number of likely N-dealkylation sites (N-methyl/N-ethyl adjacent to an activating group) is 1. The molecule has 0 saturated heterocycles. The number of hydrogen-bond donors (Lipinski definition) is 1. The highest BCUT2D eigenvalue weighted by Crippen LogP contribution is 2.20. The molecule has 1 aromatic carbocycles. The SMILES string of the molecule is C[C@H](C(=O)O)N(C)c1cccc(Br)c1. The molecule has 0 fully saturated rings. The first-order valence-electron chi connectivity index (χ1n) is 4.23. The molecule has 4 heteroatoms. The minimum absolute atomic E-state index is 0.524. The first-order valence-corrected chi connectivity index (χ1v) is 5.03. The number of carbonyl (C=O) groups is 1. The zero-order valence-electron chi connectivity index (χ0n) is 8.07. The van der Waals surface area contributed by atoms with Gasteiger partial charge in [-0.15, -0.1) is 0 Å². The highest BCUT2D eigenvalue weighted by atomic mass is 79.9. The highest BCUT2D eigenvalue weighted by Gasteiger charge is 2.16. The van der Waals surface area contributed by atoms with E-state index in [-0.39, 0.29) is 0 Å². The molecule has 0 spiro atoms. The summed E-state index contributed by atoms with van der Waals surface area (Å²) in [5, 5.41) is 8.83. The molecule has 1 atom stereocenters. The third-order valence-electron chi connectivity index (χ3n) is 2.15. The lowest BCUT2D eigenvalue weighted by atomic mass is 10.2. The molecule has 76 valence electrons. The molecule has 1 aromatic rings. The summed E-state index contributed by atoms with van der Waals surface area (Å²) in [7, 11) is 1.76. The Kier molecular flexibility index (Phi) is 3.52. The van der Waals surface area contributed by atoms with E-state index in [1.807, 2.05) is 24.3 Å². The van der Waals surface area contributed by atoms with Gasteiger partial charge in [-0.05, 0) is 25.1 Å². The predicted molar refractivity (Wildman–Crippen MR) is 59.6 cm³/mol. The summed E-state index contributed by atoms with van der Waals surface area (Å²) in [6, 6.07) is 7.03. The van der Waals surface area contributed by atoms with Gasteiger partial charge in [0.2, 0.25) is 0 Å². The Morgan fingerprint density at radius 1 is 1.57 bits per heavy atom. The fraction of sp³-hybridized carbons (Fsp3) is 0.300. The van der Waals surface area contributed by atoms with Crippen LogP contribution in [-0.4, -0.2) is 24.2 Å². The monoisotopic (exact) mass is 257 g/mol. The molecule has 1 N–H and O–H groups in total. The van der Waals surface area contributed by atoms with Gasteiger partial charge in [-0.2, -0.15) is 0 Å². The second kappa shape index (κ2) is 4.46. The number of carboxylic acids is 1. The van der Waals surface area contributed by atoms with Gasteiger partial charge in [0.25, 0.3) is 0 Å². The molecule has 0 aliphatic heterocycles. The Bertz CT molecular complexity index is 341. The van der Waals surface area contributed by atoms with Gasteiger partial charge in [-0.25, -0.2) is 4.79 Å². The third kappa shape index (κ3) is 2.48. The van der Waals surface area contributed by atoms with Gasteiger partial charge in [0.1, 0.15) is 6.04 Å². The average molecular weight is 258 g/mol. The van der Waals surface area contributed by atoms with E-state index >= 15 is 0 Å². The number of benzene rings is 1. The van der Waals surface area contributed by atoms with E-state index in [1.165, 1.54) is 0 Å². The van der Waals surface area contributed by atoms with E-state index in [0.717, 1.165) is 10.2 Å². The lowest BCUT2D eigenvalue weighted by molar-refractivity contribution is -0.138. The third-order valence-corrected chi connectivity index (χ3v) is 2.65. The smallest absolute Gasteiger partial charge is 0.326 e. The second-order valence-corrected chi connectivity index (χ2v) is 4.02. The Hall–Kier alpha value is -1.03. The number of nitrogens with zero attached hydrogens (tertiary/aromatic N) is 1. The summed E-state index contributed by atoms with van der Waals surface area (Å²) in [4.78, 5) is 12.5. The Morgan fingerprint density at radius 3 is 2.71 bits per heavy atom. The van der Waals surface area contributed by atoms with Crippen molar-refractivity contribution in [3.8, 4) is 0 Å². The van der Waals surface area contributed by atoms with Crippen LogP contribution in [0.1, 0.15) is 6.92 Å². The van der Waals surface area contributed by atoms with Gasteiger partial charge in [-0.1, -0.05) is 22.0 Å². The zero-order chi connectivity index (χ0) is 10.7. The molecule has 0 aliphatic carbocycles. The molecular formula is C10H12BrNO2. The number of anilines is 1. The maximum absolute atomic E-state index is 10.7. The standard InChI is InChI=1S/C10H12BrNO2/c1-7(10(13)14)12(2)9-5-3-4-8(11)6-9/h3-7H,1-2H3,(H,13,14)/t7-/m1/s1. The lowest BCUT2D eigenvalue weighted by Crippen LogP contribution is -2.35. The van der Waals surface area contributed by atoms with Crippen LogP contribution < -0.4 is 4.90 Å². The quantitative estimate of drug-likeness (QED) is 0.904. The largest absolute Gasteiger partial charge is 0.480 e. The van der Waals surface area contributed by atoms with Gasteiger partial charge in [-0.3, -0.25) is 0 Å². The summed E-state index contributed by atoms with van der Waals surface area (Å²) >= 11 is 3.34. The van der Waals surface area contributed by atoms with Gasteiger partial charge < -0.3 is 10.0 Å². The minimum atomic E-state index is -0.826. The van der Waals surface area contributed by atoms with E-state index in [0.29, 0.717) is 0 Å². The van der Waals surface area contributed by atoms with Crippen molar-refractivity contribution in [1.29, 1.82) is 0 Å². The van der Waals surface area contributed by atoms with Crippen molar-refractivity contribution >= 4 is 27.6 Å². The molecule has 0 amide bonds. The molecule has 0 heterocycles. The summed E-state index contributed by atoms with van der Waals surface area (Å²) in [5.74, 6) is -0.826. The molecular weight excluding hydrogens is 246 g/mol.